The molecule has 2 rings (SSSR count). The van der Waals surface area contributed by atoms with Crippen LogP contribution in [0.25, 0.3) is 0 Å². The second kappa shape index (κ2) is 7.76. The van der Waals surface area contributed by atoms with Gasteiger partial charge in [0, 0.05) is 5.57 Å². The molecule has 6 nitrogen and oxygen atoms in total. The highest BCUT2D eigenvalue weighted by Gasteiger charge is 2.43. The first-order valence-electron chi connectivity index (χ1n) is 7.44. The average Bonchev–Trinajstić information content (AvgIpc) is 2.58. The van der Waals surface area contributed by atoms with Crippen molar-refractivity contribution in [3.05, 3.63) is 83.9 Å². The summed E-state index contributed by atoms with van der Waals surface area (Å²) in [6, 6.07) is 16.9. The lowest BCUT2D eigenvalue weighted by Gasteiger charge is -2.34. The topological polar surface area (TPSA) is 93.1 Å². The number of hydrogen-bond acceptors (Lipinski definition) is 4. The molecule has 0 radical (unpaired) electrons. The van der Waals surface area contributed by atoms with Crippen LogP contribution in [-0.2, 0) is 24.2 Å². The number of benzene rings is 2. The first kappa shape index (κ1) is 19.1. The third kappa shape index (κ3) is 4.87. The van der Waals surface area contributed by atoms with Crippen LogP contribution in [0.2, 0.25) is 0 Å². The Morgan fingerprint density at radius 2 is 1.48 bits per heavy atom. The third-order valence-electron chi connectivity index (χ3n) is 3.51. The maximum absolute atomic E-state index is 11.8. The van der Waals surface area contributed by atoms with Gasteiger partial charge in [0.1, 0.15) is 6.61 Å². The predicted octanol–water partition coefficient (Wildman–Crippen LogP) is 3.16. The Balaban J connectivity index is 2.59. The lowest BCUT2D eigenvalue weighted by atomic mass is 9.87. The van der Waals surface area contributed by atoms with E-state index in [1.807, 2.05) is 0 Å². The quantitative estimate of drug-likeness (QED) is 0.446. The van der Waals surface area contributed by atoms with Crippen molar-refractivity contribution in [1.82, 2.24) is 0 Å². The van der Waals surface area contributed by atoms with Gasteiger partial charge in [-0.15, -0.1) is 0 Å². The van der Waals surface area contributed by atoms with E-state index in [0.717, 1.165) is 0 Å². The minimum Gasteiger partial charge on any atom is -0.458 e. The smallest absolute Gasteiger partial charge is 0.458 e. The molecule has 0 heterocycles. The van der Waals surface area contributed by atoms with Gasteiger partial charge in [0.05, 0.1) is 0 Å². The van der Waals surface area contributed by atoms with Crippen molar-refractivity contribution in [2.45, 2.75) is 12.5 Å². The molecule has 2 N–H and O–H groups in total. The van der Waals surface area contributed by atoms with Crippen molar-refractivity contribution in [1.29, 1.82) is 0 Å². The molecular formula is C18H19O6P. The Morgan fingerprint density at radius 3 is 1.84 bits per heavy atom. The monoisotopic (exact) mass is 362 g/mol. The van der Waals surface area contributed by atoms with Gasteiger partial charge in [0.25, 0.3) is 0 Å². The van der Waals surface area contributed by atoms with Crippen LogP contribution in [0.1, 0.15) is 18.1 Å². The molecule has 132 valence electrons. The first-order valence-corrected chi connectivity index (χ1v) is 8.97. The minimum atomic E-state index is -4.92. The number of rotatable bonds is 7. The van der Waals surface area contributed by atoms with Gasteiger partial charge in [0.2, 0.25) is 0 Å². The third-order valence-corrected chi connectivity index (χ3v) is 4.06. The van der Waals surface area contributed by atoms with Gasteiger partial charge in [0.15, 0.2) is 5.60 Å². The van der Waals surface area contributed by atoms with E-state index in [2.05, 4.69) is 6.58 Å². The van der Waals surface area contributed by atoms with E-state index < -0.39 is 26.0 Å². The lowest BCUT2D eigenvalue weighted by molar-refractivity contribution is -0.144. The standard InChI is InChI=1S/C18H19O6P/c1-14(2)17(19)23-13-18(24-25(20,21)22,15-9-5-3-6-10-15)16-11-7-4-8-12-16/h3-12H,1,13H2,2H3,(H2,20,21,22). The summed E-state index contributed by atoms with van der Waals surface area (Å²) in [5, 5.41) is 0. The van der Waals surface area contributed by atoms with Crippen LogP contribution in [0, 0.1) is 0 Å². The Hall–Kier alpha value is -2.24. The average molecular weight is 362 g/mol. The number of carbonyl (C=O) groups is 1. The molecule has 0 atom stereocenters. The number of phosphoric acid groups is 1. The molecule has 2 aromatic rings. The van der Waals surface area contributed by atoms with Crippen LogP contribution in [0.4, 0.5) is 0 Å². The molecule has 0 fully saturated rings. The fraction of sp³-hybridized carbons (Fsp3) is 0.167. The SMILES string of the molecule is C=C(C)C(=O)OCC(OP(=O)(O)O)(c1ccccc1)c1ccccc1. The minimum absolute atomic E-state index is 0.172. The van der Waals surface area contributed by atoms with Gasteiger partial charge < -0.3 is 14.5 Å². The van der Waals surface area contributed by atoms with Crippen molar-refractivity contribution in [2.75, 3.05) is 6.61 Å². The van der Waals surface area contributed by atoms with Gasteiger partial charge in [-0.3, -0.25) is 4.52 Å². The number of phosphoric ester groups is 1. The highest BCUT2D eigenvalue weighted by molar-refractivity contribution is 7.46. The molecule has 0 saturated carbocycles. The van der Waals surface area contributed by atoms with E-state index in [4.69, 9.17) is 9.26 Å². The van der Waals surface area contributed by atoms with E-state index in [-0.39, 0.29) is 5.57 Å². The maximum Gasteiger partial charge on any atom is 0.470 e. The summed E-state index contributed by atoms with van der Waals surface area (Å²) < 4.78 is 22.1. The number of esters is 1. The zero-order valence-electron chi connectivity index (χ0n) is 13.7. The summed E-state index contributed by atoms with van der Waals surface area (Å²) in [6.45, 7) is 4.57. The summed E-state index contributed by atoms with van der Waals surface area (Å²) in [5.74, 6) is -0.675. The van der Waals surface area contributed by atoms with Gasteiger partial charge in [-0.25, -0.2) is 9.36 Å². The van der Waals surface area contributed by atoms with Crippen molar-refractivity contribution in [3.8, 4) is 0 Å². The van der Waals surface area contributed by atoms with Crippen LogP contribution >= 0.6 is 7.82 Å². The predicted molar refractivity (Wildman–Crippen MR) is 92.6 cm³/mol. The molecular weight excluding hydrogens is 343 g/mol. The Labute approximate surface area is 146 Å². The number of hydrogen-bond donors (Lipinski definition) is 2. The second-order valence-electron chi connectivity index (χ2n) is 5.50. The zero-order valence-corrected chi connectivity index (χ0v) is 14.6. The van der Waals surface area contributed by atoms with Crippen LogP contribution in [0.15, 0.2) is 72.8 Å². The second-order valence-corrected chi connectivity index (χ2v) is 6.66. The van der Waals surface area contributed by atoms with Crippen LogP contribution < -0.4 is 0 Å². The summed E-state index contributed by atoms with van der Waals surface area (Å²) in [5.41, 5.74) is -0.601. The van der Waals surface area contributed by atoms with E-state index in [9.17, 15) is 19.1 Å². The van der Waals surface area contributed by atoms with Crippen LogP contribution in [-0.4, -0.2) is 22.4 Å². The molecule has 0 amide bonds. The van der Waals surface area contributed by atoms with E-state index in [1.165, 1.54) is 6.92 Å². The molecule has 2 aromatic carbocycles. The molecule has 7 heteroatoms. The molecule has 25 heavy (non-hydrogen) atoms. The molecule has 0 bridgehead atoms. The fourth-order valence-corrected chi connectivity index (χ4v) is 3.04. The molecule has 0 saturated heterocycles. The zero-order chi connectivity index (χ0) is 18.5. The molecule has 0 aromatic heterocycles. The summed E-state index contributed by atoms with van der Waals surface area (Å²) in [4.78, 5) is 30.8. The van der Waals surface area contributed by atoms with E-state index in [0.29, 0.717) is 11.1 Å². The van der Waals surface area contributed by atoms with Crippen LogP contribution in [0.5, 0.6) is 0 Å². The highest BCUT2D eigenvalue weighted by Crippen LogP contribution is 2.48. The van der Waals surface area contributed by atoms with Gasteiger partial charge >= 0.3 is 13.8 Å². The summed E-state index contributed by atoms with van der Waals surface area (Å²) in [6.07, 6.45) is 0. The summed E-state index contributed by atoms with van der Waals surface area (Å²) >= 11 is 0. The van der Waals surface area contributed by atoms with Crippen molar-refractivity contribution >= 4 is 13.8 Å². The van der Waals surface area contributed by atoms with Crippen molar-refractivity contribution in [3.63, 3.8) is 0 Å². The highest BCUT2D eigenvalue weighted by atomic mass is 31.2. The summed E-state index contributed by atoms with van der Waals surface area (Å²) in [7, 11) is -4.92. The maximum atomic E-state index is 11.8. The number of ether oxygens (including phenoxy) is 1. The molecule has 0 aliphatic heterocycles. The van der Waals surface area contributed by atoms with Gasteiger partial charge in [-0.2, -0.15) is 0 Å². The Morgan fingerprint density at radius 1 is 1.04 bits per heavy atom. The first-order chi connectivity index (χ1) is 11.7. The van der Waals surface area contributed by atoms with Gasteiger partial charge in [-0.1, -0.05) is 67.2 Å². The Bertz CT molecular complexity index is 742. The normalized spacial score (nSPS) is 11.8. The molecule has 0 aliphatic rings. The van der Waals surface area contributed by atoms with E-state index >= 15 is 0 Å². The Kier molecular flexibility index (Phi) is 5.93. The van der Waals surface area contributed by atoms with Gasteiger partial charge in [-0.05, 0) is 18.1 Å². The van der Waals surface area contributed by atoms with Crippen LogP contribution in [0.3, 0.4) is 0 Å². The number of carbonyl (C=O) groups excluding carboxylic acids is 1. The largest absolute Gasteiger partial charge is 0.470 e. The van der Waals surface area contributed by atoms with E-state index in [1.54, 1.807) is 60.7 Å². The molecule has 0 aliphatic carbocycles. The van der Waals surface area contributed by atoms with Crippen molar-refractivity contribution in [2.24, 2.45) is 0 Å². The van der Waals surface area contributed by atoms with Crippen molar-refractivity contribution < 1.29 is 28.4 Å². The molecule has 0 unspecified atom stereocenters. The lowest BCUT2D eigenvalue weighted by Crippen LogP contribution is -2.36. The molecule has 0 spiro atoms. The fourth-order valence-electron chi connectivity index (χ4n) is 2.37.